The van der Waals surface area contributed by atoms with Crippen LogP contribution in [0.4, 0.5) is 0 Å². The monoisotopic (exact) mass is 496 g/mol. The number of aliphatic imine (C=N–C) groups is 1. The van der Waals surface area contributed by atoms with Gasteiger partial charge in [0.1, 0.15) is 0 Å². The fourth-order valence-corrected chi connectivity index (χ4v) is 2.80. The first-order valence-corrected chi connectivity index (χ1v) is 9.15. The lowest BCUT2D eigenvalue weighted by Crippen LogP contribution is -2.52. The predicted molar refractivity (Wildman–Crippen MR) is 118 cm³/mol. The lowest BCUT2D eigenvalue weighted by Gasteiger charge is -2.34. The Morgan fingerprint density at radius 3 is 2.54 bits per heavy atom. The average Bonchev–Trinajstić information content (AvgIpc) is 2.59. The molecular formula is C18H30ClIN4O2. The van der Waals surface area contributed by atoms with E-state index in [1.807, 2.05) is 38.1 Å². The van der Waals surface area contributed by atoms with E-state index in [9.17, 15) is 5.11 Å². The Morgan fingerprint density at radius 1 is 1.27 bits per heavy atom. The van der Waals surface area contributed by atoms with Crippen molar-refractivity contribution in [3.63, 3.8) is 0 Å². The first kappa shape index (κ1) is 23.4. The maximum absolute atomic E-state index is 10.7. The van der Waals surface area contributed by atoms with Crippen LogP contribution in [0.3, 0.4) is 0 Å². The van der Waals surface area contributed by atoms with Gasteiger partial charge < -0.3 is 20.5 Å². The molecule has 0 radical (unpaired) electrons. The van der Waals surface area contributed by atoms with Gasteiger partial charge in [0.25, 0.3) is 0 Å². The number of nitrogens with zero attached hydrogens (tertiary/aromatic N) is 2. The SMILES string of the molecule is CCNC(=NCc1ccc(Cl)cc1)NCC(C)(O)CN1CCOCC1.I. The normalized spacial score (nSPS) is 17.9. The summed E-state index contributed by atoms with van der Waals surface area (Å²) >= 11 is 5.90. The van der Waals surface area contributed by atoms with Gasteiger partial charge in [-0.3, -0.25) is 4.90 Å². The third-order valence-electron chi connectivity index (χ3n) is 3.98. The molecule has 26 heavy (non-hydrogen) atoms. The highest BCUT2D eigenvalue weighted by atomic mass is 127. The van der Waals surface area contributed by atoms with E-state index >= 15 is 0 Å². The number of ether oxygens (including phenoxy) is 1. The molecule has 6 nitrogen and oxygen atoms in total. The van der Waals surface area contributed by atoms with Gasteiger partial charge in [-0.15, -0.1) is 24.0 Å². The number of hydrogen-bond acceptors (Lipinski definition) is 4. The molecular weight excluding hydrogens is 467 g/mol. The molecule has 1 unspecified atom stereocenters. The molecule has 0 saturated carbocycles. The second-order valence-corrected chi connectivity index (χ2v) is 7.00. The average molecular weight is 497 g/mol. The number of halogens is 2. The quantitative estimate of drug-likeness (QED) is 0.306. The fraction of sp³-hybridized carbons (Fsp3) is 0.611. The first-order valence-electron chi connectivity index (χ1n) is 8.77. The van der Waals surface area contributed by atoms with Gasteiger partial charge in [-0.25, -0.2) is 4.99 Å². The zero-order valence-electron chi connectivity index (χ0n) is 15.5. The van der Waals surface area contributed by atoms with Crippen LogP contribution in [0.1, 0.15) is 19.4 Å². The number of benzene rings is 1. The minimum absolute atomic E-state index is 0. The van der Waals surface area contributed by atoms with Gasteiger partial charge in [-0.2, -0.15) is 0 Å². The molecule has 1 aliphatic heterocycles. The van der Waals surface area contributed by atoms with Gasteiger partial charge in [0.15, 0.2) is 5.96 Å². The molecule has 1 heterocycles. The highest BCUT2D eigenvalue weighted by Gasteiger charge is 2.25. The minimum Gasteiger partial charge on any atom is -0.387 e. The van der Waals surface area contributed by atoms with Gasteiger partial charge in [-0.1, -0.05) is 23.7 Å². The Bertz CT molecular complexity index is 549. The lowest BCUT2D eigenvalue weighted by molar-refractivity contribution is -0.0201. The summed E-state index contributed by atoms with van der Waals surface area (Å²) in [5, 5.41) is 17.8. The number of hydrogen-bond donors (Lipinski definition) is 3. The van der Waals surface area contributed by atoms with Crippen molar-refractivity contribution in [1.82, 2.24) is 15.5 Å². The summed E-state index contributed by atoms with van der Waals surface area (Å²) in [5.74, 6) is 0.694. The summed E-state index contributed by atoms with van der Waals surface area (Å²) in [6.07, 6.45) is 0. The van der Waals surface area contributed by atoms with Crippen LogP contribution in [-0.2, 0) is 11.3 Å². The van der Waals surface area contributed by atoms with Gasteiger partial charge in [0.05, 0.1) is 25.4 Å². The highest BCUT2D eigenvalue weighted by Crippen LogP contribution is 2.10. The maximum Gasteiger partial charge on any atom is 0.191 e. The molecule has 0 aromatic heterocycles. The van der Waals surface area contributed by atoms with Crippen molar-refractivity contribution in [2.45, 2.75) is 26.0 Å². The van der Waals surface area contributed by atoms with Crippen LogP contribution in [0.2, 0.25) is 5.02 Å². The van der Waals surface area contributed by atoms with Crippen LogP contribution in [0.5, 0.6) is 0 Å². The molecule has 1 aliphatic rings. The standard InChI is InChI=1S/C18H29ClN4O2.HI/c1-3-20-17(21-12-15-4-6-16(19)7-5-15)22-13-18(2,24)14-23-8-10-25-11-9-23;/h4-7,24H,3,8-14H2,1-2H3,(H2,20,21,22);1H. The number of β-amino-alcohol motifs (C(OH)–C–C–N with tert-alkyl or cyclic N) is 1. The van der Waals surface area contributed by atoms with E-state index in [0.29, 0.717) is 25.6 Å². The Morgan fingerprint density at radius 2 is 1.92 bits per heavy atom. The molecule has 0 bridgehead atoms. The second-order valence-electron chi connectivity index (χ2n) is 6.56. The molecule has 1 saturated heterocycles. The lowest BCUT2D eigenvalue weighted by atomic mass is 10.1. The van der Waals surface area contributed by atoms with E-state index in [1.54, 1.807) is 0 Å². The predicted octanol–water partition coefficient (Wildman–Crippen LogP) is 2.10. The van der Waals surface area contributed by atoms with Crippen LogP contribution in [0.15, 0.2) is 29.3 Å². The number of morpholine rings is 1. The molecule has 8 heteroatoms. The van der Waals surface area contributed by atoms with E-state index in [2.05, 4.69) is 20.5 Å². The topological polar surface area (TPSA) is 69.1 Å². The van der Waals surface area contributed by atoms with E-state index < -0.39 is 5.60 Å². The molecule has 3 N–H and O–H groups in total. The molecule has 2 rings (SSSR count). The van der Waals surface area contributed by atoms with Crippen molar-refractivity contribution < 1.29 is 9.84 Å². The Hall–Kier alpha value is -0.610. The number of rotatable bonds is 7. The van der Waals surface area contributed by atoms with Crippen molar-refractivity contribution in [1.29, 1.82) is 0 Å². The number of aliphatic hydroxyl groups is 1. The molecule has 0 aliphatic carbocycles. The van der Waals surface area contributed by atoms with Crippen molar-refractivity contribution >= 4 is 41.5 Å². The first-order chi connectivity index (χ1) is 12.0. The Balaban J connectivity index is 0.00000338. The molecule has 1 aromatic carbocycles. The zero-order chi connectivity index (χ0) is 18.1. The third kappa shape index (κ3) is 8.85. The summed E-state index contributed by atoms with van der Waals surface area (Å²) < 4.78 is 5.35. The molecule has 1 fully saturated rings. The third-order valence-corrected chi connectivity index (χ3v) is 4.23. The molecule has 0 spiro atoms. The second kappa shape index (κ2) is 12.0. The van der Waals surface area contributed by atoms with Gasteiger partial charge in [0.2, 0.25) is 0 Å². The van der Waals surface area contributed by atoms with Crippen LogP contribution in [-0.4, -0.2) is 67.5 Å². The molecule has 1 aromatic rings. The summed E-state index contributed by atoms with van der Waals surface area (Å²) in [7, 11) is 0. The van der Waals surface area contributed by atoms with Crippen LogP contribution in [0.25, 0.3) is 0 Å². The molecule has 1 atom stereocenters. The summed E-state index contributed by atoms with van der Waals surface area (Å²) in [5.41, 5.74) is 0.245. The highest BCUT2D eigenvalue weighted by molar-refractivity contribution is 14.0. The zero-order valence-corrected chi connectivity index (χ0v) is 18.6. The Kier molecular flexibility index (Phi) is 10.8. The summed E-state index contributed by atoms with van der Waals surface area (Å²) in [4.78, 5) is 6.80. The maximum atomic E-state index is 10.7. The van der Waals surface area contributed by atoms with E-state index in [4.69, 9.17) is 16.3 Å². The number of nitrogens with one attached hydrogen (secondary N) is 2. The largest absolute Gasteiger partial charge is 0.387 e. The molecule has 0 amide bonds. The smallest absolute Gasteiger partial charge is 0.191 e. The number of guanidine groups is 1. The van der Waals surface area contributed by atoms with Gasteiger partial charge in [0, 0.05) is 37.7 Å². The van der Waals surface area contributed by atoms with E-state index in [0.717, 1.165) is 43.4 Å². The van der Waals surface area contributed by atoms with Gasteiger partial charge >= 0.3 is 0 Å². The van der Waals surface area contributed by atoms with E-state index in [1.165, 1.54) is 0 Å². The van der Waals surface area contributed by atoms with Crippen molar-refractivity contribution in [3.8, 4) is 0 Å². The van der Waals surface area contributed by atoms with Crippen LogP contribution in [0, 0.1) is 0 Å². The Labute approximate surface area is 178 Å². The molecule has 148 valence electrons. The van der Waals surface area contributed by atoms with Crippen molar-refractivity contribution in [2.24, 2.45) is 4.99 Å². The van der Waals surface area contributed by atoms with Crippen molar-refractivity contribution in [2.75, 3.05) is 45.9 Å². The van der Waals surface area contributed by atoms with Gasteiger partial charge in [-0.05, 0) is 31.5 Å². The summed E-state index contributed by atoms with van der Waals surface area (Å²) in [6, 6.07) is 7.65. The fourth-order valence-electron chi connectivity index (χ4n) is 2.67. The van der Waals surface area contributed by atoms with E-state index in [-0.39, 0.29) is 24.0 Å². The van der Waals surface area contributed by atoms with Crippen LogP contribution < -0.4 is 10.6 Å². The van der Waals surface area contributed by atoms with Crippen LogP contribution >= 0.6 is 35.6 Å². The minimum atomic E-state index is -0.839. The van der Waals surface area contributed by atoms with Crippen molar-refractivity contribution in [3.05, 3.63) is 34.9 Å². The summed E-state index contributed by atoms with van der Waals surface area (Å²) in [6.45, 7) is 9.40.